The van der Waals surface area contributed by atoms with E-state index in [-0.39, 0.29) is 17.4 Å². The van der Waals surface area contributed by atoms with E-state index in [4.69, 9.17) is 4.74 Å². The molecular weight excluding hydrogens is 550 g/mol. The van der Waals surface area contributed by atoms with Gasteiger partial charge in [0.2, 0.25) is 11.8 Å². The number of carbonyl (C=O) groups excluding carboxylic acids is 3. The van der Waals surface area contributed by atoms with E-state index >= 15 is 0 Å². The van der Waals surface area contributed by atoms with Crippen LogP contribution in [0.1, 0.15) is 32.6 Å². The average Bonchev–Trinajstić information content (AvgIpc) is 3.13. The molecule has 3 aromatic carbocycles. The molecule has 0 aromatic heterocycles. The van der Waals surface area contributed by atoms with Crippen molar-refractivity contribution < 1.29 is 19.1 Å². The normalized spacial score (nSPS) is 28.9. The lowest BCUT2D eigenvalue weighted by molar-refractivity contribution is -0.122. The number of ether oxygens (including phenoxy) is 1. The van der Waals surface area contributed by atoms with Crippen molar-refractivity contribution >= 4 is 55.3 Å². The van der Waals surface area contributed by atoms with Crippen LogP contribution in [-0.2, 0) is 23.0 Å². The fourth-order valence-electron chi connectivity index (χ4n) is 5.81. The first-order valence-electron chi connectivity index (χ1n) is 10.5. The second kappa shape index (κ2) is 6.87. The summed E-state index contributed by atoms with van der Waals surface area (Å²) in [6.07, 6.45) is 0. The predicted octanol–water partition coefficient (Wildman–Crippen LogP) is 4.88. The number of hydrogen-bond donors (Lipinski definition) is 0. The van der Waals surface area contributed by atoms with Crippen LogP contribution in [0.3, 0.4) is 0 Å². The van der Waals surface area contributed by atoms with Crippen molar-refractivity contribution in [3.63, 3.8) is 0 Å². The van der Waals surface area contributed by atoms with Gasteiger partial charge in [0, 0.05) is 0 Å². The SMILES string of the molecule is COC(=O)c1cccc(N2C(=O)[C@H]3[C@H](C2=O)C2(Br)c4ccccc4C3(Br)c3ccccc32)c1. The summed E-state index contributed by atoms with van der Waals surface area (Å²) in [5, 5.41) is 0. The van der Waals surface area contributed by atoms with Gasteiger partial charge in [0.1, 0.15) is 0 Å². The summed E-state index contributed by atoms with van der Waals surface area (Å²) in [5.74, 6) is -2.43. The van der Waals surface area contributed by atoms with Crippen molar-refractivity contribution in [2.45, 2.75) is 8.65 Å². The van der Waals surface area contributed by atoms with Gasteiger partial charge in [-0.1, -0.05) is 86.5 Å². The summed E-state index contributed by atoms with van der Waals surface area (Å²) < 4.78 is 3.13. The van der Waals surface area contributed by atoms with Crippen LogP contribution < -0.4 is 4.90 Å². The van der Waals surface area contributed by atoms with E-state index in [9.17, 15) is 14.4 Å². The van der Waals surface area contributed by atoms with Crippen LogP contribution in [0.4, 0.5) is 5.69 Å². The Labute approximate surface area is 207 Å². The van der Waals surface area contributed by atoms with E-state index in [1.165, 1.54) is 18.1 Å². The summed E-state index contributed by atoms with van der Waals surface area (Å²) >= 11 is 7.97. The molecule has 3 aromatic rings. The fraction of sp³-hybridized carbons (Fsp3) is 0.192. The number of alkyl halides is 2. The summed E-state index contributed by atoms with van der Waals surface area (Å²) in [7, 11) is 1.30. The number of esters is 1. The Bertz CT molecular complexity index is 1260. The van der Waals surface area contributed by atoms with Crippen LogP contribution in [0.5, 0.6) is 0 Å². The first kappa shape index (κ1) is 20.8. The molecule has 1 heterocycles. The molecule has 2 atom stereocenters. The van der Waals surface area contributed by atoms with Gasteiger partial charge in [-0.3, -0.25) is 9.59 Å². The van der Waals surface area contributed by atoms with Crippen LogP contribution in [0.25, 0.3) is 0 Å². The van der Waals surface area contributed by atoms with Crippen LogP contribution in [0.2, 0.25) is 0 Å². The lowest BCUT2D eigenvalue weighted by Crippen LogP contribution is -2.56. The van der Waals surface area contributed by atoms with Gasteiger partial charge >= 0.3 is 5.97 Å². The standard InChI is InChI=1S/C26H17Br2NO4/c1-33-24(32)14-7-6-8-15(13-14)29-22(30)20-21(23(29)31)26(28)17-10-3-2-9-16(17)25(20,27)18-11-4-5-12-19(18)26/h2-13,20-21H,1H3/t20-,21-,25?,26?/m1/s1. The fourth-order valence-corrected chi connectivity index (χ4v) is 8.11. The molecular formula is C26H17Br2NO4. The maximum Gasteiger partial charge on any atom is 0.337 e. The van der Waals surface area contributed by atoms with Gasteiger partial charge in [0.25, 0.3) is 0 Å². The molecule has 1 aliphatic heterocycles. The molecule has 0 N–H and O–H groups in total. The number of methoxy groups -OCH3 is 1. The molecule has 33 heavy (non-hydrogen) atoms. The number of carbonyl (C=O) groups is 3. The zero-order chi connectivity index (χ0) is 23.1. The van der Waals surface area contributed by atoms with E-state index in [2.05, 4.69) is 31.9 Å². The molecule has 7 heteroatoms. The number of rotatable bonds is 2. The molecule has 5 nitrogen and oxygen atoms in total. The highest BCUT2D eigenvalue weighted by Gasteiger charge is 2.72. The Hall–Kier alpha value is -2.77. The summed E-state index contributed by atoms with van der Waals surface area (Å²) in [6, 6.07) is 22.3. The van der Waals surface area contributed by atoms with Crippen LogP contribution in [0, 0.1) is 11.8 Å². The Morgan fingerprint density at radius 1 is 0.788 bits per heavy atom. The van der Waals surface area contributed by atoms with Crippen molar-refractivity contribution in [2.24, 2.45) is 11.8 Å². The first-order chi connectivity index (χ1) is 15.8. The van der Waals surface area contributed by atoms with Crippen molar-refractivity contribution in [3.8, 4) is 0 Å². The Balaban J connectivity index is 1.60. The first-order valence-corrected chi connectivity index (χ1v) is 12.1. The van der Waals surface area contributed by atoms with Gasteiger partial charge in [0.15, 0.2) is 0 Å². The highest BCUT2D eigenvalue weighted by Crippen LogP contribution is 2.70. The number of amides is 2. The quantitative estimate of drug-likeness (QED) is 0.252. The van der Waals surface area contributed by atoms with Crippen LogP contribution >= 0.6 is 31.9 Å². The third-order valence-electron chi connectivity index (χ3n) is 7.11. The lowest BCUT2D eigenvalue weighted by atomic mass is 9.54. The molecule has 0 spiro atoms. The number of nitrogens with zero attached hydrogens (tertiary/aromatic N) is 1. The number of anilines is 1. The van der Waals surface area contributed by atoms with Crippen LogP contribution in [-0.4, -0.2) is 24.9 Å². The average molecular weight is 567 g/mol. The summed E-state index contributed by atoms with van der Waals surface area (Å²) in [6.45, 7) is 0. The van der Waals surface area contributed by atoms with Crippen molar-refractivity contribution in [3.05, 3.63) is 101 Å². The molecule has 7 rings (SSSR count). The van der Waals surface area contributed by atoms with Gasteiger partial charge in [-0.25, -0.2) is 9.69 Å². The van der Waals surface area contributed by atoms with Gasteiger partial charge in [0.05, 0.1) is 38.8 Å². The third kappa shape index (κ3) is 2.39. The smallest absolute Gasteiger partial charge is 0.337 e. The minimum Gasteiger partial charge on any atom is -0.465 e. The second-order valence-electron chi connectivity index (χ2n) is 8.52. The largest absolute Gasteiger partial charge is 0.465 e. The van der Waals surface area contributed by atoms with E-state index in [1.54, 1.807) is 18.2 Å². The van der Waals surface area contributed by atoms with Gasteiger partial charge in [-0.05, 0) is 40.5 Å². The molecule has 1 saturated heterocycles. The highest BCUT2D eigenvalue weighted by atomic mass is 79.9. The van der Waals surface area contributed by atoms with Crippen molar-refractivity contribution in [1.82, 2.24) is 0 Å². The number of imide groups is 1. The number of benzene rings is 3. The molecule has 4 aliphatic rings. The minimum absolute atomic E-state index is 0.280. The zero-order valence-electron chi connectivity index (χ0n) is 17.4. The molecule has 1 fully saturated rings. The summed E-state index contributed by atoms with van der Waals surface area (Å²) in [5.41, 5.74) is 4.56. The molecule has 3 aliphatic carbocycles. The van der Waals surface area contributed by atoms with Crippen molar-refractivity contribution in [1.29, 1.82) is 0 Å². The molecule has 2 bridgehead atoms. The Kier molecular flexibility index (Phi) is 4.33. The van der Waals surface area contributed by atoms with Crippen LogP contribution in [0.15, 0.2) is 72.8 Å². The Morgan fingerprint density at radius 3 is 1.67 bits per heavy atom. The number of hydrogen-bond acceptors (Lipinski definition) is 4. The predicted molar refractivity (Wildman–Crippen MR) is 130 cm³/mol. The summed E-state index contributed by atoms with van der Waals surface area (Å²) in [4.78, 5) is 41.3. The number of halogens is 2. The molecule has 164 valence electrons. The van der Waals surface area contributed by atoms with E-state index in [0.717, 1.165) is 22.3 Å². The highest BCUT2D eigenvalue weighted by molar-refractivity contribution is 9.10. The van der Waals surface area contributed by atoms with E-state index < -0.39 is 26.5 Å². The van der Waals surface area contributed by atoms with Gasteiger partial charge in [-0.15, -0.1) is 0 Å². The van der Waals surface area contributed by atoms with E-state index in [0.29, 0.717) is 5.69 Å². The molecule has 0 unspecified atom stereocenters. The Morgan fingerprint density at radius 2 is 1.24 bits per heavy atom. The monoisotopic (exact) mass is 565 g/mol. The maximum absolute atomic E-state index is 14.0. The lowest BCUT2D eigenvalue weighted by Gasteiger charge is -2.55. The van der Waals surface area contributed by atoms with Crippen molar-refractivity contribution in [2.75, 3.05) is 12.0 Å². The zero-order valence-corrected chi connectivity index (χ0v) is 20.6. The minimum atomic E-state index is -0.845. The van der Waals surface area contributed by atoms with Gasteiger partial charge < -0.3 is 4.74 Å². The molecule has 2 amide bonds. The second-order valence-corrected chi connectivity index (χ2v) is 11.0. The maximum atomic E-state index is 14.0. The van der Waals surface area contributed by atoms with E-state index in [1.807, 2.05) is 48.5 Å². The molecule has 0 radical (unpaired) electrons. The molecule has 0 saturated carbocycles. The third-order valence-corrected chi connectivity index (χ3v) is 9.81. The van der Waals surface area contributed by atoms with Gasteiger partial charge in [-0.2, -0.15) is 0 Å². The topological polar surface area (TPSA) is 63.7 Å².